The smallest absolute Gasteiger partial charge is 0.257 e. The molecule has 0 aliphatic carbocycles. The zero-order chi connectivity index (χ0) is 18.4. The molecule has 0 saturated carbocycles. The van der Waals surface area contributed by atoms with Crippen LogP contribution in [0.2, 0.25) is 0 Å². The monoisotopic (exact) mass is 359 g/mol. The maximum Gasteiger partial charge on any atom is 0.257 e. The number of para-hydroxylation sites is 1. The lowest BCUT2D eigenvalue weighted by atomic mass is 10.1. The average Bonchev–Trinajstić information content (AvgIpc) is 2.61. The molecule has 2 aromatic rings. The summed E-state index contributed by atoms with van der Waals surface area (Å²) in [5, 5.41) is 5.35. The van der Waals surface area contributed by atoms with Gasteiger partial charge >= 0.3 is 0 Å². The number of carbonyl (C=O) groups excluding carboxylic acids is 2. The number of amides is 2. The molecular weight excluding hydrogens is 342 g/mol. The molecule has 0 heterocycles. The number of ether oxygens (including phenoxy) is 2. The van der Waals surface area contributed by atoms with Gasteiger partial charge in [0.15, 0.2) is 16.6 Å². The second-order valence-corrected chi connectivity index (χ2v) is 5.30. The van der Waals surface area contributed by atoms with E-state index in [1.54, 1.807) is 36.4 Å². The van der Waals surface area contributed by atoms with E-state index >= 15 is 0 Å². The summed E-state index contributed by atoms with van der Waals surface area (Å²) in [5.74, 6) is -0.102. The molecule has 130 valence electrons. The number of nitrogens with two attached hydrogens (primary N) is 1. The number of thiocarbonyl (C=S) groups is 1. The topological polar surface area (TPSA) is 103 Å². The maximum atomic E-state index is 12.3. The minimum absolute atomic E-state index is 0.0356. The number of methoxy groups -OCH3 is 2. The van der Waals surface area contributed by atoms with Crippen LogP contribution in [-0.4, -0.2) is 31.1 Å². The Morgan fingerprint density at radius 3 is 2.36 bits per heavy atom. The van der Waals surface area contributed by atoms with Gasteiger partial charge in [0.05, 0.1) is 25.5 Å². The number of anilines is 1. The van der Waals surface area contributed by atoms with Gasteiger partial charge in [-0.1, -0.05) is 12.1 Å². The highest BCUT2D eigenvalue weighted by Crippen LogP contribution is 2.27. The van der Waals surface area contributed by atoms with Crippen molar-refractivity contribution in [3.63, 3.8) is 0 Å². The molecule has 4 N–H and O–H groups in total. The second kappa shape index (κ2) is 8.11. The summed E-state index contributed by atoms with van der Waals surface area (Å²) in [4.78, 5) is 23.7. The van der Waals surface area contributed by atoms with Crippen LogP contribution in [0.4, 0.5) is 5.69 Å². The summed E-state index contributed by atoms with van der Waals surface area (Å²) < 4.78 is 10.3. The van der Waals surface area contributed by atoms with Gasteiger partial charge in [-0.2, -0.15) is 0 Å². The number of hydrogen-bond acceptors (Lipinski definition) is 5. The molecule has 0 unspecified atom stereocenters. The number of carbonyl (C=O) groups is 2. The fourth-order valence-electron chi connectivity index (χ4n) is 2.11. The first-order valence-electron chi connectivity index (χ1n) is 7.19. The SMILES string of the molecule is COc1ccc(C(=O)NC(=S)Nc2ccccc2C(N)=O)cc1OC. The Balaban J connectivity index is 2.11. The highest BCUT2D eigenvalue weighted by atomic mass is 32.1. The molecule has 0 fully saturated rings. The Morgan fingerprint density at radius 2 is 1.72 bits per heavy atom. The Hall–Kier alpha value is -3.13. The fourth-order valence-corrected chi connectivity index (χ4v) is 2.32. The van der Waals surface area contributed by atoms with Crippen molar-refractivity contribution in [1.29, 1.82) is 0 Å². The van der Waals surface area contributed by atoms with Crippen LogP contribution in [0, 0.1) is 0 Å². The van der Waals surface area contributed by atoms with Crippen molar-refractivity contribution >= 4 is 34.8 Å². The van der Waals surface area contributed by atoms with Crippen molar-refractivity contribution in [2.45, 2.75) is 0 Å². The fraction of sp³-hybridized carbons (Fsp3) is 0.118. The molecule has 0 bridgehead atoms. The minimum atomic E-state index is -0.600. The third kappa shape index (κ3) is 4.45. The second-order valence-electron chi connectivity index (χ2n) is 4.89. The highest BCUT2D eigenvalue weighted by molar-refractivity contribution is 7.80. The van der Waals surface area contributed by atoms with Gasteiger partial charge in [0.2, 0.25) is 0 Å². The van der Waals surface area contributed by atoms with E-state index < -0.39 is 11.8 Å². The summed E-state index contributed by atoms with van der Waals surface area (Å²) in [6.45, 7) is 0. The predicted octanol–water partition coefficient (Wildman–Crippen LogP) is 1.93. The first kappa shape index (κ1) is 18.2. The van der Waals surface area contributed by atoms with Crippen LogP contribution < -0.4 is 25.8 Å². The van der Waals surface area contributed by atoms with Crippen LogP contribution in [0.25, 0.3) is 0 Å². The maximum absolute atomic E-state index is 12.3. The van der Waals surface area contributed by atoms with E-state index in [1.165, 1.54) is 20.3 Å². The first-order valence-corrected chi connectivity index (χ1v) is 7.60. The van der Waals surface area contributed by atoms with Gasteiger partial charge in [-0.15, -0.1) is 0 Å². The summed E-state index contributed by atoms with van der Waals surface area (Å²) in [5.41, 5.74) is 6.32. The Bertz CT molecular complexity index is 823. The van der Waals surface area contributed by atoms with Gasteiger partial charge in [0.1, 0.15) is 0 Å². The summed E-state index contributed by atoms with van der Waals surface area (Å²) in [6.07, 6.45) is 0. The van der Waals surface area contributed by atoms with Crippen molar-refractivity contribution in [3.05, 3.63) is 53.6 Å². The van der Waals surface area contributed by atoms with E-state index in [4.69, 9.17) is 27.4 Å². The van der Waals surface area contributed by atoms with Gasteiger partial charge in [-0.05, 0) is 42.5 Å². The molecular formula is C17H17N3O4S. The van der Waals surface area contributed by atoms with Crippen LogP contribution in [0.3, 0.4) is 0 Å². The van der Waals surface area contributed by atoms with Crippen LogP contribution in [-0.2, 0) is 0 Å². The van der Waals surface area contributed by atoms with E-state index in [0.717, 1.165) is 0 Å². The van der Waals surface area contributed by atoms with Crippen molar-refractivity contribution in [3.8, 4) is 11.5 Å². The number of rotatable bonds is 5. The number of nitrogens with one attached hydrogen (secondary N) is 2. The van der Waals surface area contributed by atoms with E-state index in [9.17, 15) is 9.59 Å². The molecule has 0 saturated heterocycles. The Kier molecular flexibility index (Phi) is 5.91. The van der Waals surface area contributed by atoms with E-state index in [-0.39, 0.29) is 10.7 Å². The minimum Gasteiger partial charge on any atom is -0.493 e. The van der Waals surface area contributed by atoms with Crippen molar-refractivity contribution in [2.24, 2.45) is 5.73 Å². The molecule has 2 rings (SSSR count). The van der Waals surface area contributed by atoms with Crippen LogP contribution in [0.15, 0.2) is 42.5 Å². The van der Waals surface area contributed by atoms with Crippen molar-refractivity contribution in [1.82, 2.24) is 5.32 Å². The molecule has 7 nitrogen and oxygen atoms in total. The molecule has 25 heavy (non-hydrogen) atoms. The van der Waals surface area contributed by atoms with E-state index in [2.05, 4.69) is 10.6 Å². The Labute approximate surface area is 150 Å². The molecule has 2 aromatic carbocycles. The van der Waals surface area contributed by atoms with Crippen LogP contribution >= 0.6 is 12.2 Å². The molecule has 8 heteroatoms. The molecule has 0 aliphatic heterocycles. The van der Waals surface area contributed by atoms with Gasteiger partial charge in [0, 0.05) is 5.56 Å². The zero-order valence-electron chi connectivity index (χ0n) is 13.7. The molecule has 2 amide bonds. The molecule has 0 aromatic heterocycles. The molecule has 0 aliphatic rings. The average molecular weight is 359 g/mol. The number of primary amides is 1. The van der Waals surface area contributed by atoms with Gasteiger partial charge in [-0.3, -0.25) is 14.9 Å². The van der Waals surface area contributed by atoms with Crippen molar-refractivity contribution in [2.75, 3.05) is 19.5 Å². The van der Waals surface area contributed by atoms with Gasteiger partial charge in [-0.25, -0.2) is 0 Å². The largest absolute Gasteiger partial charge is 0.493 e. The summed E-state index contributed by atoms with van der Waals surface area (Å²) >= 11 is 5.12. The zero-order valence-corrected chi connectivity index (χ0v) is 14.5. The van der Waals surface area contributed by atoms with Crippen LogP contribution in [0.5, 0.6) is 11.5 Å². The third-order valence-electron chi connectivity index (χ3n) is 3.31. The lowest BCUT2D eigenvalue weighted by molar-refractivity contribution is 0.0975. The predicted molar refractivity (Wildman–Crippen MR) is 98.2 cm³/mol. The van der Waals surface area contributed by atoms with E-state index in [0.29, 0.717) is 22.7 Å². The molecule has 0 spiro atoms. The quantitative estimate of drug-likeness (QED) is 0.705. The molecule has 0 radical (unpaired) electrons. The number of hydrogen-bond donors (Lipinski definition) is 3. The normalized spacial score (nSPS) is 9.84. The van der Waals surface area contributed by atoms with Crippen LogP contribution in [0.1, 0.15) is 20.7 Å². The highest BCUT2D eigenvalue weighted by Gasteiger charge is 2.13. The van der Waals surface area contributed by atoms with Crippen molar-refractivity contribution < 1.29 is 19.1 Å². The first-order chi connectivity index (χ1) is 12.0. The lowest BCUT2D eigenvalue weighted by Crippen LogP contribution is -2.34. The molecule has 0 atom stereocenters. The summed E-state index contributed by atoms with van der Waals surface area (Å²) in [6, 6.07) is 11.3. The standard InChI is InChI=1S/C17H17N3O4S/c1-23-13-8-7-10(9-14(13)24-2)16(22)20-17(25)19-12-6-4-3-5-11(12)15(18)21/h3-9H,1-2H3,(H2,18,21)(H2,19,20,22,25). The summed E-state index contributed by atoms with van der Waals surface area (Å²) in [7, 11) is 2.99. The van der Waals surface area contributed by atoms with Gasteiger partial charge < -0.3 is 20.5 Å². The van der Waals surface area contributed by atoms with E-state index in [1.807, 2.05) is 0 Å². The Morgan fingerprint density at radius 1 is 1.04 bits per heavy atom. The number of benzene rings is 2. The third-order valence-corrected chi connectivity index (χ3v) is 3.52. The lowest BCUT2D eigenvalue weighted by Gasteiger charge is -2.13. The van der Waals surface area contributed by atoms with Gasteiger partial charge in [0.25, 0.3) is 11.8 Å².